The lowest BCUT2D eigenvalue weighted by Gasteiger charge is -2.38. The molecule has 0 aromatic rings. The Balaban J connectivity index is 1.14. The van der Waals surface area contributed by atoms with E-state index in [9.17, 15) is 18.4 Å². The molecule has 2 N–H and O–H groups in total. The van der Waals surface area contributed by atoms with E-state index >= 15 is 0 Å². The lowest BCUT2D eigenvalue weighted by Crippen LogP contribution is -2.58. The average Bonchev–Trinajstić information content (AvgIpc) is 3.44. The van der Waals surface area contributed by atoms with Crippen molar-refractivity contribution >= 4 is 11.9 Å². The van der Waals surface area contributed by atoms with E-state index < -0.39 is 12.3 Å². The van der Waals surface area contributed by atoms with Crippen molar-refractivity contribution in [1.82, 2.24) is 25.6 Å². The van der Waals surface area contributed by atoms with Crippen LogP contribution >= 0.6 is 0 Å². The van der Waals surface area contributed by atoms with E-state index in [1.165, 1.54) is 0 Å². The van der Waals surface area contributed by atoms with Gasteiger partial charge in [-0.25, -0.2) is 24.0 Å². The molecule has 2 saturated heterocycles. The first-order valence-corrected chi connectivity index (χ1v) is 13.2. The monoisotopic (exact) mass is 467 g/mol. The van der Waals surface area contributed by atoms with Crippen LogP contribution in [0.1, 0.15) is 70.6 Å². The molecule has 3 aliphatic carbocycles. The standard InChI is InChI=1S/C24H39F2N5O2/c25-16-8-10-17(11-9-16)27-24(33)30-14-12-29(13-15-30)23(32)22-18-4-3-7-20(18)31(28-22)21-6-2-1-5-19(21)26/h16-22,28H,1-15H2,(H,27,33). The molecular formula is C24H39F2N5O2. The number of hydrazine groups is 1. The summed E-state index contributed by atoms with van der Waals surface area (Å²) >= 11 is 0. The lowest BCUT2D eigenvalue weighted by molar-refractivity contribution is -0.136. The van der Waals surface area contributed by atoms with Crippen molar-refractivity contribution in [2.45, 2.75) is 107 Å². The van der Waals surface area contributed by atoms with Crippen LogP contribution in [0.3, 0.4) is 0 Å². The van der Waals surface area contributed by atoms with Gasteiger partial charge in [0.2, 0.25) is 5.91 Å². The van der Waals surface area contributed by atoms with Gasteiger partial charge in [-0.3, -0.25) is 4.79 Å². The van der Waals surface area contributed by atoms with E-state index in [2.05, 4.69) is 15.8 Å². The Hall–Kier alpha value is -1.48. The van der Waals surface area contributed by atoms with Crippen LogP contribution in [0, 0.1) is 5.92 Å². The number of amides is 3. The highest BCUT2D eigenvalue weighted by molar-refractivity contribution is 5.83. The summed E-state index contributed by atoms with van der Waals surface area (Å²) in [7, 11) is 0. The summed E-state index contributed by atoms with van der Waals surface area (Å²) in [5.74, 6) is 0.348. The Morgan fingerprint density at radius 2 is 1.42 bits per heavy atom. The van der Waals surface area contributed by atoms with E-state index in [0.29, 0.717) is 58.3 Å². The Morgan fingerprint density at radius 1 is 0.758 bits per heavy atom. The van der Waals surface area contributed by atoms with Crippen LogP contribution < -0.4 is 10.7 Å². The number of hydrogen-bond donors (Lipinski definition) is 2. The highest BCUT2D eigenvalue weighted by Crippen LogP contribution is 2.41. The summed E-state index contributed by atoms with van der Waals surface area (Å²) in [5, 5.41) is 5.17. The Labute approximate surface area is 195 Å². The molecule has 186 valence electrons. The molecule has 5 fully saturated rings. The minimum Gasteiger partial charge on any atom is -0.338 e. The van der Waals surface area contributed by atoms with Crippen molar-refractivity contribution < 1.29 is 18.4 Å². The van der Waals surface area contributed by atoms with Gasteiger partial charge in [0.1, 0.15) is 18.4 Å². The number of carbonyl (C=O) groups is 2. The molecule has 5 unspecified atom stereocenters. The summed E-state index contributed by atoms with van der Waals surface area (Å²) in [6.07, 6.45) is 7.50. The first-order chi connectivity index (χ1) is 16.0. The summed E-state index contributed by atoms with van der Waals surface area (Å²) in [4.78, 5) is 29.8. The van der Waals surface area contributed by atoms with Gasteiger partial charge >= 0.3 is 6.03 Å². The molecule has 5 aliphatic rings. The number of nitrogens with zero attached hydrogens (tertiary/aromatic N) is 3. The molecule has 0 spiro atoms. The van der Waals surface area contributed by atoms with Crippen LogP contribution in [0.15, 0.2) is 0 Å². The number of urea groups is 1. The van der Waals surface area contributed by atoms with Gasteiger partial charge in [-0.2, -0.15) is 0 Å². The topological polar surface area (TPSA) is 67.9 Å². The molecule has 0 aromatic carbocycles. The molecule has 9 heteroatoms. The molecule has 0 radical (unpaired) electrons. The van der Waals surface area contributed by atoms with Gasteiger partial charge in [-0.15, -0.1) is 0 Å². The summed E-state index contributed by atoms with van der Waals surface area (Å²) in [6.45, 7) is 2.06. The number of piperazine rings is 1. The SMILES string of the molecule is O=C(NC1CCC(F)CC1)N1CCN(C(=O)C2NN(C3CCCCC3F)C3CCCC23)CC1. The Kier molecular flexibility index (Phi) is 7.07. The summed E-state index contributed by atoms with van der Waals surface area (Å²) in [6, 6.07) is -0.183. The summed E-state index contributed by atoms with van der Waals surface area (Å²) < 4.78 is 28.0. The van der Waals surface area contributed by atoms with Crippen molar-refractivity contribution in [2.24, 2.45) is 5.92 Å². The van der Waals surface area contributed by atoms with E-state index in [0.717, 1.165) is 38.5 Å². The molecular weight excluding hydrogens is 428 g/mol. The second kappa shape index (κ2) is 10.0. The fourth-order valence-corrected chi connectivity index (χ4v) is 6.80. The maximum absolute atomic E-state index is 14.7. The van der Waals surface area contributed by atoms with Crippen molar-refractivity contribution in [2.75, 3.05) is 26.2 Å². The normalized spacial score (nSPS) is 40.0. The van der Waals surface area contributed by atoms with Crippen LogP contribution in [0.4, 0.5) is 13.6 Å². The Bertz CT molecular complexity index is 711. The fourth-order valence-electron chi connectivity index (χ4n) is 6.80. The van der Waals surface area contributed by atoms with Crippen molar-refractivity contribution in [3.63, 3.8) is 0 Å². The minimum absolute atomic E-state index is 0.0521. The number of alkyl halides is 2. The molecule has 3 saturated carbocycles. The van der Waals surface area contributed by atoms with Crippen LogP contribution in [0.5, 0.6) is 0 Å². The molecule has 2 heterocycles. The number of rotatable bonds is 3. The van der Waals surface area contributed by atoms with Gasteiger partial charge in [-0.1, -0.05) is 19.3 Å². The highest BCUT2D eigenvalue weighted by Gasteiger charge is 2.51. The molecule has 3 amide bonds. The third-order valence-electron chi connectivity index (χ3n) is 8.74. The van der Waals surface area contributed by atoms with E-state index in [1.807, 2.05) is 4.90 Å². The van der Waals surface area contributed by atoms with Crippen LogP contribution in [-0.2, 0) is 4.79 Å². The zero-order valence-electron chi connectivity index (χ0n) is 19.6. The highest BCUT2D eigenvalue weighted by atomic mass is 19.1. The second-order valence-corrected chi connectivity index (χ2v) is 10.8. The molecule has 2 aliphatic heterocycles. The number of nitrogens with one attached hydrogen (secondary N) is 2. The van der Waals surface area contributed by atoms with Crippen LogP contribution in [-0.4, -0.2) is 89.4 Å². The van der Waals surface area contributed by atoms with Crippen molar-refractivity contribution in [3.8, 4) is 0 Å². The first-order valence-electron chi connectivity index (χ1n) is 13.2. The largest absolute Gasteiger partial charge is 0.338 e. The number of hydrogen-bond acceptors (Lipinski definition) is 4. The summed E-state index contributed by atoms with van der Waals surface area (Å²) in [5.41, 5.74) is 3.46. The molecule has 0 aromatic heterocycles. The van der Waals surface area contributed by atoms with Crippen molar-refractivity contribution in [3.05, 3.63) is 0 Å². The maximum atomic E-state index is 14.7. The minimum atomic E-state index is -0.816. The number of carbonyl (C=O) groups excluding carboxylic acids is 2. The van der Waals surface area contributed by atoms with E-state index in [4.69, 9.17) is 0 Å². The van der Waals surface area contributed by atoms with Gasteiger partial charge in [-0.05, 0) is 51.4 Å². The lowest BCUT2D eigenvalue weighted by atomic mass is 9.91. The molecule has 33 heavy (non-hydrogen) atoms. The predicted octanol–water partition coefficient (Wildman–Crippen LogP) is 2.76. The third kappa shape index (κ3) is 4.85. The number of fused-ring (bicyclic) bond motifs is 1. The second-order valence-electron chi connectivity index (χ2n) is 10.8. The van der Waals surface area contributed by atoms with Gasteiger partial charge in [0.05, 0.1) is 6.04 Å². The first kappa shape index (κ1) is 23.3. The van der Waals surface area contributed by atoms with Gasteiger partial charge in [0, 0.05) is 44.2 Å². The van der Waals surface area contributed by atoms with Gasteiger partial charge < -0.3 is 15.1 Å². The smallest absolute Gasteiger partial charge is 0.317 e. The predicted molar refractivity (Wildman–Crippen MR) is 121 cm³/mol. The molecule has 0 bridgehead atoms. The van der Waals surface area contributed by atoms with Gasteiger partial charge in [0.25, 0.3) is 0 Å². The van der Waals surface area contributed by atoms with E-state index in [1.54, 1.807) is 4.90 Å². The third-order valence-corrected chi connectivity index (χ3v) is 8.74. The van der Waals surface area contributed by atoms with E-state index in [-0.39, 0.29) is 42.0 Å². The molecule has 5 atom stereocenters. The number of halogens is 2. The molecule has 5 rings (SSSR count). The van der Waals surface area contributed by atoms with Crippen LogP contribution in [0.2, 0.25) is 0 Å². The van der Waals surface area contributed by atoms with Crippen LogP contribution in [0.25, 0.3) is 0 Å². The van der Waals surface area contributed by atoms with Crippen molar-refractivity contribution in [1.29, 1.82) is 0 Å². The van der Waals surface area contributed by atoms with Gasteiger partial charge in [0.15, 0.2) is 0 Å². The maximum Gasteiger partial charge on any atom is 0.317 e. The fraction of sp³-hybridized carbons (Fsp3) is 0.917. The average molecular weight is 468 g/mol. The Morgan fingerprint density at radius 3 is 2.15 bits per heavy atom. The zero-order valence-corrected chi connectivity index (χ0v) is 19.6. The quantitative estimate of drug-likeness (QED) is 0.670. The molecule has 7 nitrogen and oxygen atoms in total. The zero-order chi connectivity index (χ0) is 22.9.